The highest BCUT2D eigenvalue weighted by molar-refractivity contribution is 6.17. The molecule has 0 radical (unpaired) electrons. The number of rotatable bonds is 14. The molecule has 26 rings (SSSR count). The SMILES string of the molecule is Cc1ccc2c(c1)c1ccccc1n2-c1ccc2c(c1)c1cc(-n3c4ccccc4c4cc(Cc5ccc6c(c5)c5ccccc5n6-c5ccc6c(c5)c5cc(-n7c8ccc(C)cc8c8cc(C)ccc87)ccc5n6-c5ccc(-c6cc(-c7ccccc7)nc(-c7ccccc7)n6)c(C)c5)ccc43)ccc1n2-c1ccc(-c2cc(-c3ccccc3)nc(-c3ccccc3)n2)cc1C. The lowest BCUT2D eigenvalue weighted by molar-refractivity contribution is 1.14. The van der Waals surface area contributed by atoms with Gasteiger partial charge in [-0.2, -0.15) is 0 Å². The molecule has 10 heteroatoms. The second kappa shape index (κ2) is 30.0. The summed E-state index contributed by atoms with van der Waals surface area (Å²) in [5, 5.41) is 14.5. The molecule has 132 heavy (non-hydrogen) atoms. The molecule has 0 amide bonds. The van der Waals surface area contributed by atoms with Crippen LogP contribution in [0.3, 0.4) is 0 Å². The maximum absolute atomic E-state index is 5.30. The molecule has 10 nitrogen and oxygen atoms in total. The average Bonchev–Trinajstić information content (AvgIpc) is 1.57. The number of nitrogens with zero attached hydrogens (tertiary/aromatic N) is 10. The van der Waals surface area contributed by atoms with Gasteiger partial charge in [0, 0.05) is 132 Å². The third-order valence-electron chi connectivity index (χ3n) is 27.4. The third kappa shape index (κ3) is 12.3. The Morgan fingerprint density at radius 2 is 0.470 bits per heavy atom. The lowest BCUT2D eigenvalue weighted by atomic mass is 10.0. The van der Waals surface area contributed by atoms with Gasteiger partial charge in [0.1, 0.15) is 0 Å². The predicted molar refractivity (Wildman–Crippen MR) is 549 cm³/mol. The molecule has 0 N–H and O–H groups in total. The van der Waals surface area contributed by atoms with Gasteiger partial charge in [-0.15, -0.1) is 0 Å². The molecule has 0 spiro atoms. The summed E-state index contributed by atoms with van der Waals surface area (Å²) in [5.74, 6) is 1.39. The highest BCUT2D eigenvalue weighted by Crippen LogP contribution is 2.46. The lowest BCUT2D eigenvalue weighted by Gasteiger charge is -2.15. The van der Waals surface area contributed by atoms with Gasteiger partial charge >= 0.3 is 0 Å². The van der Waals surface area contributed by atoms with Gasteiger partial charge in [-0.3, -0.25) is 0 Å². The van der Waals surface area contributed by atoms with Gasteiger partial charge in [0.15, 0.2) is 11.6 Å². The fraction of sp³-hybridized carbons (Fsp3) is 0.0492. The number of benzene rings is 18. The van der Waals surface area contributed by atoms with E-state index < -0.39 is 0 Å². The van der Waals surface area contributed by atoms with Gasteiger partial charge in [-0.1, -0.05) is 235 Å². The molecular weight excluding hydrogens is 1610 g/mol. The molecule has 0 unspecified atom stereocenters. The molecule has 0 bridgehead atoms. The summed E-state index contributed by atoms with van der Waals surface area (Å²) >= 11 is 0. The molecule has 8 aromatic heterocycles. The van der Waals surface area contributed by atoms with Crippen molar-refractivity contribution in [1.29, 1.82) is 0 Å². The summed E-state index contributed by atoms with van der Waals surface area (Å²) in [4.78, 5) is 20.9. The summed E-state index contributed by atoms with van der Waals surface area (Å²) in [6, 6.07) is 149. The first-order chi connectivity index (χ1) is 64.9. The van der Waals surface area contributed by atoms with Crippen LogP contribution >= 0.6 is 0 Å². The molecule has 0 aliphatic heterocycles. The van der Waals surface area contributed by atoms with E-state index in [2.05, 4.69) is 420 Å². The Morgan fingerprint density at radius 1 is 0.182 bits per heavy atom. The molecule has 0 saturated heterocycles. The standard InChI is InChI=1S/C122H84N10/c1-74-38-50-112-95(60-74)92-32-18-21-35-109(92)128(112)88-47-58-119-102(70-88)103-71-89(48-59-120(103)132(119)108-55-43-85(63-78(108)5)106-72-104(81-24-10-6-11-25-81)123-121(125-106)83-28-14-8-15-29-83)130-111-37-23-20-34-94(111)99-67-80(42-54-116(99)130)65-79-41-53-115-98(66-79)93-33-19-22-36-110(93)129(115)87-45-56-117-100(68-87)101-69-90(131-113-51-39-75(2)61-96(113)97-62-76(3)40-52-114(97)131)46-57-118(101)127(117)86-44-49-91(77(4)64-86)107-73-105(82-26-12-7-13-27-82)124-122(126-107)84-30-16-9-17-31-84/h6-64,66-73H,65H2,1-5H3. The topological polar surface area (TPSA) is 81.1 Å². The second-order valence-corrected chi connectivity index (χ2v) is 35.7. The van der Waals surface area contributed by atoms with Crippen molar-refractivity contribution in [2.75, 3.05) is 0 Å². The van der Waals surface area contributed by atoms with E-state index in [9.17, 15) is 0 Å². The summed E-state index contributed by atoms with van der Waals surface area (Å²) in [5.41, 5.74) is 38.4. The number of para-hydroxylation sites is 3. The van der Waals surface area contributed by atoms with Crippen molar-refractivity contribution >= 4 is 131 Å². The zero-order valence-corrected chi connectivity index (χ0v) is 73.4. The Bertz CT molecular complexity index is 9130. The number of aromatic nitrogens is 10. The van der Waals surface area contributed by atoms with Gasteiger partial charge < -0.3 is 27.4 Å². The zero-order chi connectivity index (χ0) is 87.7. The minimum Gasteiger partial charge on any atom is -0.309 e. The second-order valence-electron chi connectivity index (χ2n) is 35.7. The molecular formula is C122H84N10. The first-order valence-electron chi connectivity index (χ1n) is 45.4. The van der Waals surface area contributed by atoms with Gasteiger partial charge in [0.25, 0.3) is 0 Å². The zero-order valence-electron chi connectivity index (χ0n) is 73.4. The van der Waals surface area contributed by atoms with Gasteiger partial charge in [0.2, 0.25) is 0 Å². The van der Waals surface area contributed by atoms with E-state index in [0.717, 1.165) is 174 Å². The van der Waals surface area contributed by atoms with Crippen LogP contribution in [0.2, 0.25) is 0 Å². The first kappa shape index (κ1) is 76.2. The monoisotopic (exact) mass is 1690 g/mol. The van der Waals surface area contributed by atoms with Crippen molar-refractivity contribution in [2.24, 2.45) is 0 Å². The van der Waals surface area contributed by atoms with Crippen LogP contribution in [0.15, 0.2) is 406 Å². The summed E-state index contributed by atoms with van der Waals surface area (Å²) < 4.78 is 14.8. The Kier molecular flexibility index (Phi) is 17.3. The van der Waals surface area contributed by atoms with Crippen LogP contribution < -0.4 is 0 Å². The van der Waals surface area contributed by atoms with Crippen molar-refractivity contribution < 1.29 is 0 Å². The maximum atomic E-state index is 5.30. The van der Waals surface area contributed by atoms with Crippen LogP contribution in [0.25, 0.3) is 233 Å². The van der Waals surface area contributed by atoms with E-state index in [0.29, 0.717) is 11.6 Å². The predicted octanol–water partition coefficient (Wildman–Crippen LogP) is 31.0. The highest BCUT2D eigenvalue weighted by Gasteiger charge is 2.26. The maximum Gasteiger partial charge on any atom is 0.160 e. The summed E-state index contributed by atoms with van der Waals surface area (Å²) in [6.07, 6.45) is 0.745. The fourth-order valence-electron chi connectivity index (χ4n) is 21.3. The number of hydrogen-bond donors (Lipinski definition) is 0. The smallest absolute Gasteiger partial charge is 0.160 e. The van der Waals surface area contributed by atoms with Crippen LogP contribution in [0, 0.1) is 34.6 Å². The molecule has 18 aromatic carbocycles. The third-order valence-corrected chi connectivity index (χ3v) is 27.4. The molecule has 622 valence electrons. The van der Waals surface area contributed by atoms with Crippen molar-refractivity contribution in [3.05, 3.63) is 445 Å². The van der Waals surface area contributed by atoms with Gasteiger partial charge in [0.05, 0.1) is 89.0 Å². The van der Waals surface area contributed by atoms with Crippen LogP contribution in [0.1, 0.15) is 38.9 Å². The van der Waals surface area contributed by atoms with Crippen LogP contribution in [-0.2, 0) is 6.42 Å². The molecule has 0 aliphatic rings. The van der Waals surface area contributed by atoms with E-state index in [1.807, 2.05) is 48.5 Å². The Balaban J connectivity index is 0.584. The fourth-order valence-corrected chi connectivity index (χ4v) is 21.3. The largest absolute Gasteiger partial charge is 0.309 e. The van der Waals surface area contributed by atoms with Crippen molar-refractivity contribution in [3.8, 4) is 102 Å². The first-order valence-corrected chi connectivity index (χ1v) is 45.4. The molecule has 0 fully saturated rings. The Morgan fingerprint density at radius 3 is 0.856 bits per heavy atom. The van der Waals surface area contributed by atoms with Crippen molar-refractivity contribution in [1.82, 2.24) is 47.3 Å². The van der Waals surface area contributed by atoms with Crippen LogP contribution in [0.4, 0.5) is 0 Å². The molecule has 26 aromatic rings. The van der Waals surface area contributed by atoms with E-state index in [-0.39, 0.29) is 0 Å². The molecule has 8 heterocycles. The minimum atomic E-state index is 0.692. The molecule has 0 aliphatic carbocycles. The summed E-state index contributed by atoms with van der Waals surface area (Å²) in [7, 11) is 0. The average molecular weight is 1690 g/mol. The number of hydrogen-bond acceptors (Lipinski definition) is 4. The van der Waals surface area contributed by atoms with E-state index in [1.54, 1.807) is 0 Å². The lowest BCUT2D eigenvalue weighted by Crippen LogP contribution is -2.00. The highest BCUT2D eigenvalue weighted by atomic mass is 15.0. The molecule has 0 saturated carbocycles. The quantitative estimate of drug-likeness (QED) is 0.109. The number of fused-ring (bicyclic) bond motifs is 18. The van der Waals surface area contributed by atoms with Crippen LogP contribution in [0.5, 0.6) is 0 Å². The minimum absolute atomic E-state index is 0.692. The van der Waals surface area contributed by atoms with Crippen LogP contribution in [-0.4, -0.2) is 47.3 Å². The van der Waals surface area contributed by atoms with Gasteiger partial charge in [-0.25, -0.2) is 19.9 Å². The Labute approximate surface area is 761 Å². The molecule has 0 atom stereocenters. The van der Waals surface area contributed by atoms with Gasteiger partial charge in [-0.05, 0) is 251 Å². The van der Waals surface area contributed by atoms with Crippen molar-refractivity contribution in [3.63, 3.8) is 0 Å². The Hall–Kier alpha value is -17.1. The van der Waals surface area contributed by atoms with E-state index >= 15 is 0 Å². The van der Waals surface area contributed by atoms with E-state index in [1.165, 1.54) is 93.0 Å². The van der Waals surface area contributed by atoms with E-state index in [4.69, 9.17) is 19.9 Å². The summed E-state index contributed by atoms with van der Waals surface area (Å²) in [6.45, 7) is 11.0. The normalized spacial score (nSPS) is 12.0. The van der Waals surface area contributed by atoms with Crippen molar-refractivity contribution in [2.45, 2.75) is 41.0 Å². The number of aryl methyl sites for hydroxylation is 5.